The largest absolute Gasteiger partial charge is 0.378 e. The van der Waals surface area contributed by atoms with E-state index in [4.69, 9.17) is 0 Å². The van der Waals surface area contributed by atoms with Crippen molar-refractivity contribution in [1.82, 2.24) is 4.98 Å². The molecule has 0 amide bonds. The van der Waals surface area contributed by atoms with Crippen molar-refractivity contribution in [2.45, 2.75) is 20.4 Å². The van der Waals surface area contributed by atoms with E-state index in [0.29, 0.717) is 6.54 Å². The lowest BCUT2D eigenvalue weighted by atomic mass is 10.3. The average Bonchev–Trinajstić information content (AvgIpc) is 2.90. The van der Waals surface area contributed by atoms with Gasteiger partial charge in [0.05, 0.1) is 12.2 Å². The molecule has 0 fully saturated rings. The Balaban J connectivity index is 2.02. The topological polar surface area (TPSA) is 28.2 Å². The van der Waals surface area contributed by atoms with Gasteiger partial charge in [-0.25, -0.2) is 13.8 Å². The highest BCUT2D eigenvalue weighted by molar-refractivity contribution is 7.15. The summed E-state index contributed by atoms with van der Waals surface area (Å²) in [7, 11) is 0. The van der Waals surface area contributed by atoms with Gasteiger partial charge in [-0.3, -0.25) is 0 Å². The van der Waals surface area contributed by atoms with Gasteiger partial charge < -0.3 is 10.2 Å². The van der Waals surface area contributed by atoms with Crippen LogP contribution in [0.1, 0.15) is 18.7 Å². The third-order valence-corrected chi connectivity index (χ3v) is 4.01. The standard InChI is InChI=1S/C14H17F2N3S/c1-3-19(4-2)14-18-9-11(20-14)8-17-13-7-10(15)5-6-12(13)16/h5-7,9,17H,3-4,8H2,1-2H3. The van der Waals surface area contributed by atoms with Gasteiger partial charge in [0, 0.05) is 24.2 Å². The lowest BCUT2D eigenvalue weighted by molar-refractivity contribution is 0.602. The zero-order chi connectivity index (χ0) is 14.5. The molecule has 0 bridgehead atoms. The summed E-state index contributed by atoms with van der Waals surface area (Å²) in [5.74, 6) is -0.915. The molecule has 0 aliphatic carbocycles. The number of anilines is 2. The normalized spacial score (nSPS) is 10.6. The van der Waals surface area contributed by atoms with Crippen LogP contribution < -0.4 is 10.2 Å². The van der Waals surface area contributed by atoms with Crippen LogP contribution in [-0.2, 0) is 6.54 Å². The highest BCUT2D eigenvalue weighted by Gasteiger charge is 2.09. The second-order valence-corrected chi connectivity index (χ2v) is 5.35. The molecule has 0 radical (unpaired) electrons. The molecule has 20 heavy (non-hydrogen) atoms. The first-order valence-corrected chi connectivity index (χ1v) is 7.34. The molecule has 2 aromatic rings. The monoisotopic (exact) mass is 297 g/mol. The van der Waals surface area contributed by atoms with Crippen molar-refractivity contribution in [3.05, 3.63) is 40.9 Å². The highest BCUT2D eigenvalue weighted by atomic mass is 32.1. The summed E-state index contributed by atoms with van der Waals surface area (Å²) in [6, 6.07) is 3.37. The Morgan fingerprint density at radius 1 is 1.25 bits per heavy atom. The molecule has 6 heteroatoms. The molecule has 0 unspecified atom stereocenters. The Morgan fingerprint density at radius 3 is 2.70 bits per heavy atom. The number of benzene rings is 1. The molecule has 0 spiro atoms. The summed E-state index contributed by atoms with van der Waals surface area (Å²) in [4.78, 5) is 7.48. The maximum absolute atomic E-state index is 13.5. The maximum atomic E-state index is 13.5. The van der Waals surface area contributed by atoms with Crippen LogP contribution in [0.5, 0.6) is 0 Å². The van der Waals surface area contributed by atoms with Crippen LogP contribution in [0.3, 0.4) is 0 Å². The van der Waals surface area contributed by atoms with E-state index in [9.17, 15) is 8.78 Å². The molecule has 1 N–H and O–H groups in total. The van der Waals surface area contributed by atoms with Crippen LogP contribution >= 0.6 is 11.3 Å². The molecule has 1 aromatic heterocycles. The fourth-order valence-electron chi connectivity index (χ4n) is 1.83. The van der Waals surface area contributed by atoms with E-state index in [-0.39, 0.29) is 5.69 Å². The first-order chi connectivity index (χ1) is 9.63. The van der Waals surface area contributed by atoms with E-state index in [1.165, 1.54) is 0 Å². The van der Waals surface area contributed by atoms with E-state index in [2.05, 4.69) is 29.0 Å². The molecule has 0 saturated heterocycles. The molecule has 3 nitrogen and oxygen atoms in total. The first-order valence-electron chi connectivity index (χ1n) is 6.52. The Kier molecular flexibility index (Phi) is 4.89. The van der Waals surface area contributed by atoms with Gasteiger partial charge in [0.25, 0.3) is 0 Å². The molecular formula is C14H17F2N3S. The van der Waals surface area contributed by atoms with Crippen molar-refractivity contribution >= 4 is 22.2 Å². The molecule has 1 aromatic carbocycles. The molecule has 108 valence electrons. The smallest absolute Gasteiger partial charge is 0.185 e. The van der Waals surface area contributed by atoms with Crippen molar-refractivity contribution in [2.24, 2.45) is 0 Å². The molecule has 1 heterocycles. The quantitative estimate of drug-likeness (QED) is 0.877. The predicted molar refractivity (Wildman–Crippen MR) is 79.4 cm³/mol. The molecular weight excluding hydrogens is 280 g/mol. The molecule has 0 aliphatic rings. The number of halogens is 2. The minimum atomic E-state index is -0.458. The summed E-state index contributed by atoms with van der Waals surface area (Å²) in [5.41, 5.74) is 0.169. The van der Waals surface area contributed by atoms with Gasteiger partial charge in [0.2, 0.25) is 0 Å². The fourth-order valence-corrected chi connectivity index (χ4v) is 2.81. The summed E-state index contributed by atoms with van der Waals surface area (Å²) in [6.07, 6.45) is 1.77. The van der Waals surface area contributed by atoms with Crippen LogP contribution in [0.2, 0.25) is 0 Å². The lowest BCUT2D eigenvalue weighted by Crippen LogP contribution is -2.21. The van der Waals surface area contributed by atoms with Gasteiger partial charge in [0.15, 0.2) is 5.13 Å². The lowest BCUT2D eigenvalue weighted by Gasteiger charge is -2.16. The van der Waals surface area contributed by atoms with Crippen molar-refractivity contribution in [3.8, 4) is 0 Å². The Hall–Kier alpha value is -1.69. The summed E-state index contributed by atoms with van der Waals surface area (Å²) >= 11 is 1.56. The second kappa shape index (κ2) is 6.65. The highest BCUT2D eigenvalue weighted by Crippen LogP contribution is 2.24. The van der Waals surface area contributed by atoms with Crippen molar-refractivity contribution in [1.29, 1.82) is 0 Å². The average molecular weight is 297 g/mol. The maximum Gasteiger partial charge on any atom is 0.185 e. The second-order valence-electron chi connectivity index (χ2n) is 4.26. The number of nitrogens with one attached hydrogen (secondary N) is 1. The molecule has 0 aliphatic heterocycles. The van der Waals surface area contributed by atoms with Crippen LogP contribution in [0.15, 0.2) is 24.4 Å². The van der Waals surface area contributed by atoms with Crippen LogP contribution in [-0.4, -0.2) is 18.1 Å². The Morgan fingerprint density at radius 2 is 2.00 bits per heavy atom. The Labute approximate surface area is 121 Å². The molecule has 0 saturated carbocycles. The number of aromatic nitrogens is 1. The zero-order valence-corrected chi connectivity index (χ0v) is 12.3. The van der Waals surface area contributed by atoms with Gasteiger partial charge in [-0.2, -0.15) is 0 Å². The van der Waals surface area contributed by atoms with Crippen LogP contribution in [0, 0.1) is 11.6 Å². The fraction of sp³-hybridized carbons (Fsp3) is 0.357. The minimum Gasteiger partial charge on any atom is -0.378 e. The van der Waals surface area contributed by atoms with E-state index >= 15 is 0 Å². The summed E-state index contributed by atoms with van der Waals surface area (Å²) < 4.78 is 26.5. The number of hydrogen-bond acceptors (Lipinski definition) is 4. The van der Waals surface area contributed by atoms with Gasteiger partial charge in [-0.05, 0) is 32.0 Å². The summed E-state index contributed by atoms with van der Waals surface area (Å²) in [6.45, 7) is 6.38. The van der Waals surface area contributed by atoms with Gasteiger partial charge in [0.1, 0.15) is 11.6 Å². The molecule has 2 rings (SSSR count). The number of thiazole rings is 1. The van der Waals surface area contributed by atoms with Crippen LogP contribution in [0.25, 0.3) is 0 Å². The number of nitrogens with zero attached hydrogens (tertiary/aromatic N) is 2. The third-order valence-electron chi connectivity index (χ3n) is 2.96. The summed E-state index contributed by atoms with van der Waals surface area (Å²) in [5, 5.41) is 3.85. The van der Waals surface area contributed by atoms with E-state index in [1.807, 2.05) is 0 Å². The van der Waals surface area contributed by atoms with Gasteiger partial charge >= 0.3 is 0 Å². The number of rotatable bonds is 6. The first kappa shape index (κ1) is 14.7. The van der Waals surface area contributed by atoms with E-state index in [0.717, 1.165) is 41.3 Å². The van der Waals surface area contributed by atoms with Crippen molar-refractivity contribution < 1.29 is 8.78 Å². The predicted octanol–water partition coefficient (Wildman–Crippen LogP) is 3.88. The van der Waals surface area contributed by atoms with Crippen molar-refractivity contribution in [3.63, 3.8) is 0 Å². The van der Waals surface area contributed by atoms with Crippen LogP contribution in [0.4, 0.5) is 19.6 Å². The SMILES string of the molecule is CCN(CC)c1ncc(CNc2cc(F)ccc2F)s1. The van der Waals surface area contributed by atoms with E-state index < -0.39 is 11.6 Å². The van der Waals surface area contributed by atoms with Gasteiger partial charge in [-0.15, -0.1) is 11.3 Å². The number of hydrogen-bond donors (Lipinski definition) is 1. The van der Waals surface area contributed by atoms with Crippen molar-refractivity contribution in [2.75, 3.05) is 23.3 Å². The third kappa shape index (κ3) is 3.45. The Bertz CT molecular complexity index is 567. The van der Waals surface area contributed by atoms with E-state index in [1.54, 1.807) is 17.5 Å². The zero-order valence-electron chi connectivity index (χ0n) is 11.5. The molecule has 0 atom stereocenters. The van der Waals surface area contributed by atoms with Gasteiger partial charge in [-0.1, -0.05) is 0 Å². The minimum absolute atomic E-state index is 0.169.